The number of morpholine rings is 1. The Hall–Kier alpha value is -2.38. The summed E-state index contributed by atoms with van der Waals surface area (Å²) in [5.74, 6) is -0.371. The summed E-state index contributed by atoms with van der Waals surface area (Å²) in [4.78, 5) is 27.3. The van der Waals surface area contributed by atoms with E-state index in [1.54, 1.807) is 24.3 Å². The summed E-state index contributed by atoms with van der Waals surface area (Å²) in [6.45, 7) is 6.12. The average Bonchev–Trinajstić information content (AvgIpc) is 2.80. The van der Waals surface area contributed by atoms with E-state index >= 15 is 0 Å². The molecule has 2 aromatic rings. The molecule has 2 aliphatic rings. The lowest BCUT2D eigenvalue weighted by Gasteiger charge is -2.40. The summed E-state index contributed by atoms with van der Waals surface area (Å²) in [7, 11) is -2.06. The predicted molar refractivity (Wildman–Crippen MR) is 123 cm³/mol. The Morgan fingerprint density at radius 1 is 1.06 bits per heavy atom. The zero-order valence-corrected chi connectivity index (χ0v) is 19.9. The van der Waals surface area contributed by atoms with Gasteiger partial charge in [-0.3, -0.25) is 14.5 Å². The van der Waals surface area contributed by atoms with Gasteiger partial charge in [0.05, 0.1) is 24.3 Å². The Labute approximate surface area is 193 Å². The van der Waals surface area contributed by atoms with Crippen LogP contribution in [0.15, 0.2) is 29.1 Å². The van der Waals surface area contributed by atoms with Crippen LogP contribution in [-0.2, 0) is 21.6 Å². The number of amides is 1. The minimum atomic E-state index is -3.58. The van der Waals surface area contributed by atoms with E-state index in [1.807, 2.05) is 18.7 Å². The van der Waals surface area contributed by atoms with Gasteiger partial charge in [0, 0.05) is 51.7 Å². The van der Waals surface area contributed by atoms with Crippen molar-refractivity contribution >= 4 is 26.9 Å². The first kappa shape index (κ1) is 23.8. The normalized spacial score (nSPS) is 23.6. The number of hydrogen-bond acceptors (Lipinski definition) is 7. The second-order valence-electron chi connectivity index (χ2n) is 8.52. The standard InChI is InChI=1S/C21H30N6O5S/c1-15-12-26(13-16(2)32-15)33(30,31)25-10-8-24(9-11-25)14-27-21(29)18-7-5-4-6-17(18)19(23-27)20(28)22-3/h4-7,15-16H,8-14H2,1-3H3,(H,22,28)/t15-,16+. The Kier molecular flexibility index (Phi) is 6.82. The molecule has 0 unspecified atom stereocenters. The second-order valence-corrected chi connectivity index (χ2v) is 10.4. The first-order chi connectivity index (χ1) is 15.7. The van der Waals surface area contributed by atoms with Gasteiger partial charge in [-0.1, -0.05) is 18.2 Å². The number of carbonyl (C=O) groups excluding carboxylic acids is 1. The first-order valence-corrected chi connectivity index (χ1v) is 12.5. The molecule has 0 radical (unpaired) electrons. The molecule has 1 amide bonds. The molecule has 0 aliphatic carbocycles. The highest BCUT2D eigenvalue weighted by atomic mass is 32.2. The van der Waals surface area contributed by atoms with E-state index in [0.29, 0.717) is 50.0 Å². The summed E-state index contributed by atoms with van der Waals surface area (Å²) in [6.07, 6.45) is -0.296. The van der Waals surface area contributed by atoms with E-state index in [0.717, 1.165) is 0 Å². The van der Waals surface area contributed by atoms with Gasteiger partial charge in [0.25, 0.3) is 21.7 Å². The fraction of sp³-hybridized carbons (Fsp3) is 0.571. The van der Waals surface area contributed by atoms with Gasteiger partial charge in [0.15, 0.2) is 5.69 Å². The fourth-order valence-electron chi connectivity index (χ4n) is 4.39. The first-order valence-electron chi connectivity index (χ1n) is 11.1. The van der Waals surface area contributed by atoms with Gasteiger partial charge >= 0.3 is 0 Å². The van der Waals surface area contributed by atoms with Crippen LogP contribution in [0.4, 0.5) is 0 Å². The maximum Gasteiger partial charge on any atom is 0.282 e. The molecule has 0 saturated carbocycles. The molecule has 11 nitrogen and oxygen atoms in total. The highest BCUT2D eigenvalue weighted by Gasteiger charge is 2.36. The molecule has 1 aromatic carbocycles. The highest BCUT2D eigenvalue weighted by molar-refractivity contribution is 7.86. The van der Waals surface area contributed by atoms with Gasteiger partial charge in [0.2, 0.25) is 0 Å². The molecule has 3 heterocycles. The van der Waals surface area contributed by atoms with E-state index in [1.165, 1.54) is 20.3 Å². The van der Waals surface area contributed by atoms with Gasteiger partial charge in [-0.25, -0.2) is 4.68 Å². The highest BCUT2D eigenvalue weighted by Crippen LogP contribution is 2.19. The third-order valence-corrected chi connectivity index (χ3v) is 7.98. The van der Waals surface area contributed by atoms with Crippen LogP contribution in [0.25, 0.3) is 10.8 Å². The zero-order valence-electron chi connectivity index (χ0n) is 19.1. The van der Waals surface area contributed by atoms with Crippen molar-refractivity contribution in [3.8, 4) is 0 Å². The van der Waals surface area contributed by atoms with Crippen LogP contribution in [0, 0.1) is 0 Å². The minimum Gasteiger partial charge on any atom is -0.373 e. The smallest absolute Gasteiger partial charge is 0.282 e. The van der Waals surface area contributed by atoms with Gasteiger partial charge in [-0.05, 0) is 19.9 Å². The maximum absolute atomic E-state index is 13.1. The molecular formula is C21H30N6O5S. The summed E-state index contributed by atoms with van der Waals surface area (Å²) in [5, 5.41) is 7.81. The number of nitrogens with zero attached hydrogens (tertiary/aromatic N) is 5. The number of fused-ring (bicyclic) bond motifs is 1. The van der Waals surface area contributed by atoms with Gasteiger partial charge in [0.1, 0.15) is 0 Å². The molecule has 1 N–H and O–H groups in total. The zero-order chi connectivity index (χ0) is 23.8. The van der Waals surface area contributed by atoms with Crippen molar-refractivity contribution in [3.05, 3.63) is 40.3 Å². The number of aromatic nitrogens is 2. The van der Waals surface area contributed by atoms with E-state index in [-0.39, 0.29) is 36.0 Å². The van der Waals surface area contributed by atoms with Crippen molar-refractivity contribution in [1.82, 2.24) is 28.6 Å². The maximum atomic E-state index is 13.1. The lowest BCUT2D eigenvalue weighted by molar-refractivity contribution is -0.0458. The molecule has 2 fully saturated rings. The lowest BCUT2D eigenvalue weighted by atomic mass is 10.1. The third-order valence-electron chi connectivity index (χ3n) is 6.01. The Bertz CT molecular complexity index is 1180. The number of carbonyl (C=O) groups is 1. The quantitative estimate of drug-likeness (QED) is 0.626. The monoisotopic (exact) mass is 478 g/mol. The molecule has 2 atom stereocenters. The van der Waals surface area contributed by atoms with Crippen molar-refractivity contribution in [1.29, 1.82) is 0 Å². The third kappa shape index (κ3) is 4.80. The van der Waals surface area contributed by atoms with Crippen molar-refractivity contribution in [2.24, 2.45) is 0 Å². The van der Waals surface area contributed by atoms with E-state index < -0.39 is 10.2 Å². The lowest BCUT2D eigenvalue weighted by Crippen LogP contribution is -2.57. The fourth-order valence-corrected chi connectivity index (χ4v) is 6.14. The van der Waals surface area contributed by atoms with Crippen LogP contribution >= 0.6 is 0 Å². The van der Waals surface area contributed by atoms with Gasteiger partial charge in [-0.2, -0.15) is 22.1 Å². The molecule has 4 rings (SSSR count). The molecule has 0 spiro atoms. The summed E-state index contributed by atoms with van der Waals surface area (Å²) >= 11 is 0. The number of hydrogen-bond donors (Lipinski definition) is 1. The molecule has 33 heavy (non-hydrogen) atoms. The SMILES string of the molecule is CNC(=O)c1nn(CN2CCN(S(=O)(=O)N3C[C@@H](C)O[C@@H](C)C3)CC2)c(=O)c2ccccc12. The molecular weight excluding hydrogens is 448 g/mol. The van der Waals surface area contributed by atoms with E-state index in [9.17, 15) is 18.0 Å². The van der Waals surface area contributed by atoms with Crippen molar-refractivity contribution in [2.45, 2.75) is 32.7 Å². The average molecular weight is 479 g/mol. The van der Waals surface area contributed by atoms with Crippen LogP contribution in [-0.4, -0.2) is 96.1 Å². The van der Waals surface area contributed by atoms with Crippen LogP contribution in [0.1, 0.15) is 24.3 Å². The molecule has 12 heteroatoms. The van der Waals surface area contributed by atoms with E-state index in [4.69, 9.17) is 4.74 Å². The molecule has 2 aliphatic heterocycles. The Morgan fingerprint density at radius 2 is 1.67 bits per heavy atom. The van der Waals surface area contributed by atoms with Crippen molar-refractivity contribution in [3.63, 3.8) is 0 Å². The predicted octanol–water partition coefficient (Wildman–Crippen LogP) is -0.315. The number of piperazine rings is 1. The van der Waals surface area contributed by atoms with Crippen LogP contribution in [0.5, 0.6) is 0 Å². The molecule has 2 saturated heterocycles. The van der Waals surface area contributed by atoms with Crippen LogP contribution in [0.2, 0.25) is 0 Å². The summed E-state index contributed by atoms with van der Waals surface area (Å²) in [5.41, 5.74) is -0.103. The van der Waals surface area contributed by atoms with Gasteiger partial charge in [-0.15, -0.1) is 0 Å². The minimum absolute atomic E-state index is 0.148. The molecule has 1 aromatic heterocycles. The Morgan fingerprint density at radius 3 is 2.27 bits per heavy atom. The number of benzene rings is 1. The topological polar surface area (TPSA) is 117 Å². The molecule has 0 bridgehead atoms. The van der Waals surface area contributed by atoms with Crippen molar-refractivity contribution < 1.29 is 17.9 Å². The molecule has 180 valence electrons. The number of rotatable bonds is 5. The van der Waals surface area contributed by atoms with E-state index in [2.05, 4.69) is 10.4 Å². The van der Waals surface area contributed by atoms with Crippen LogP contribution < -0.4 is 10.9 Å². The summed E-state index contributed by atoms with van der Waals surface area (Å²) < 4.78 is 36.1. The Balaban J connectivity index is 1.49. The van der Waals surface area contributed by atoms with Crippen LogP contribution in [0.3, 0.4) is 0 Å². The summed E-state index contributed by atoms with van der Waals surface area (Å²) in [6, 6.07) is 6.89. The second kappa shape index (κ2) is 9.47. The number of nitrogens with one attached hydrogen (secondary N) is 1. The largest absolute Gasteiger partial charge is 0.373 e. The van der Waals surface area contributed by atoms with Gasteiger partial charge < -0.3 is 10.1 Å². The number of ether oxygens (including phenoxy) is 1. The van der Waals surface area contributed by atoms with Crippen molar-refractivity contribution in [2.75, 3.05) is 46.3 Å².